The smallest absolute Gasteiger partial charge is 0.337 e. The molecule has 154 valence electrons. The van der Waals surface area contributed by atoms with Crippen molar-refractivity contribution in [1.82, 2.24) is 9.13 Å². The molecule has 2 aromatic carbocycles. The average Bonchev–Trinajstić information content (AvgIpc) is 3.09. The Kier molecular flexibility index (Phi) is 5.07. The van der Waals surface area contributed by atoms with E-state index in [1.54, 1.807) is 0 Å². The molecule has 0 aliphatic carbocycles. The first-order valence-corrected chi connectivity index (χ1v) is 10.6. The van der Waals surface area contributed by atoms with Gasteiger partial charge in [-0.05, 0) is 22.3 Å². The van der Waals surface area contributed by atoms with Gasteiger partial charge in [0.25, 0.3) is 5.56 Å². The summed E-state index contributed by atoms with van der Waals surface area (Å²) in [6.45, 7) is 4.37. The number of aromatic carboxylic acids is 1. The fraction of sp³-hybridized carbons (Fsp3) is 0.261. The van der Waals surface area contributed by atoms with Gasteiger partial charge in [-0.15, -0.1) is 11.3 Å². The molecule has 0 spiro atoms. The first-order chi connectivity index (χ1) is 14.3. The van der Waals surface area contributed by atoms with Crippen LogP contribution in [0.1, 0.15) is 34.6 Å². The van der Waals surface area contributed by atoms with Gasteiger partial charge in [0, 0.05) is 24.9 Å². The van der Waals surface area contributed by atoms with Crippen LogP contribution in [0.15, 0.2) is 52.1 Å². The van der Waals surface area contributed by atoms with Crippen LogP contribution in [-0.2, 0) is 20.0 Å². The summed E-state index contributed by atoms with van der Waals surface area (Å²) in [4.78, 5) is 38.8. The van der Waals surface area contributed by atoms with E-state index < -0.39 is 17.2 Å². The molecule has 0 aliphatic rings. The van der Waals surface area contributed by atoms with E-state index in [1.165, 1.54) is 23.0 Å². The highest BCUT2D eigenvalue weighted by Crippen LogP contribution is 2.32. The summed E-state index contributed by atoms with van der Waals surface area (Å²) in [6.07, 6.45) is 0.376. The van der Waals surface area contributed by atoms with E-state index in [9.17, 15) is 19.5 Å². The average molecular weight is 423 g/mol. The number of nitrogens with zero attached hydrogens (tertiary/aromatic N) is 2. The first kappa shape index (κ1) is 20.1. The van der Waals surface area contributed by atoms with Gasteiger partial charge in [-0.2, -0.15) is 0 Å². The Bertz CT molecular complexity index is 1400. The predicted molar refractivity (Wildman–Crippen MR) is 120 cm³/mol. The second-order valence-electron chi connectivity index (χ2n) is 7.85. The lowest BCUT2D eigenvalue weighted by atomic mass is 10.00. The van der Waals surface area contributed by atoms with Crippen molar-refractivity contribution in [3.05, 3.63) is 79.3 Å². The fourth-order valence-corrected chi connectivity index (χ4v) is 5.18. The lowest BCUT2D eigenvalue weighted by molar-refractivity contribution is 0.0698. The molecule has 0 fully saturated rings. The number of benzene rings is 2. The summed E-state index contributed by atoms with van der Waals surface area (Å²) in [5.41, 5.74) is 0.00158. The highest BCUT2D eigenvalue weighted by atomic mass is 32.1. The molecule has 0 atom stereocenters. The number of hydrogen-bond acceptors (Lipinski definition) is 4. The SMILES string of the molecule is CC(C)Cn1c(=O)n(C)c(=O)c2c(C(=O)O)c(Cc3cccc4ccccc34)sc21. The van der Waals surface area contributed by atoms with Crippen molar-refractivity contribution >= 4 is 38.3 Å². The minimum atomic E-state index is -1.15. The van der Waals surface area contributed by atoms with E-state index in [-0.39, 0.29) is 16.9 Å². The molecule has 0 amide bonds. The largest absolute Gasteiger partial charge is 0.478 e. The molecule has 6 nitrogen and oxygen atoms in total. The molecule has 4 rings (SSSR count). The number of hydrogen-bond donors (Lipinski definition) is 1. The van der Waals surface area contributed by atoms with E-state index >= 15 is 0 Å². The van der Waals surface area contributed by atoms with E-state index in [2.05, 4.69) is 0 Å². The van der Waals surface area contributed by atoms with Gasteiger partial charge < -0.3 is 5.11 Å². The quantitative estimate of drug-likeness (QED) is 0.530. The van der Waals surface area contributed by atoms with Gasteiger partial charge in [-0.1, -0.05) is 56.3 Å². The van der Waals surface area contributed by atoms with E-state index in [4.69, 9.17) is 0 Å². The lowest BCUT2D eigenvalue weighted by Gasteiger charge is -2.11. The van der Waals surface area contributed by atoms with Gasteiger partial charge in [0.2, 0.25) is 0 Å². The zero-order valence-electron chi connectivity index (χ0n) is 17.0. The number of carbonyl (C=O) groups is 1. The van der Waals surface area contributed by atoms with Crippen LogP contribution in [0, 0.1) is 5.92 Å². The Morgan fingerprint density at radius 3 is 2.50 bits per heavy atom. The maximum absolute atomic E-state index is 12.9. The maximum Gasteiger partial charge on any atom is 0.337 e. The highest BCUT2D eigenvalue weighted by molar-refractivity contribution is 7.19. The Labute approximate surface area is 176 Å². The molecule has 1 N–H and O–H groups in total. The van der Waals surface area contributed by atoms with Gasteiger partial charge in [0.15, 0.2) is 0 Å². The number of fused-ring (bicyclic) bond motifs is 2. The van der Waals surface area contributed by atoms with Gasteiger partial charge in [-0.3, -0.25) is 13.9 Å². The first-order valence-electron chi connectivity index (χ1n) is 9.74. The Balaban J connectivity index is 2.02. The second-order valence-corrected chi connectivity index (χ2v) is 8.94. The normalized spacial score (nSPS) is 11.6. The molecule has 2 heterocycles. The summed E-state index contributed by atoms with van der Waals surface area (Å²) in [5, 5.41) is 12.2. The van der Waals surface area contributed by atoms with Gasteiger partial charge >= 0.3 is 11.7 Å². The molecule has 4 aromatic rings. The van der Waals surface area contributed by atoms with Crippen LogP contribution in [0.25, 0.3) is 21.0 Å². The monoisotopic (exact) mass is 422 g/mol. The summed E-state index contributed by atoms with van der Waals surface area (Å²) in [7, 11) is 1.40. The zero-order valence-corrected chi connectivity index (χ0v) is 17.8. The Morgan fingerprint density at radius 1 is 1.10 bits per heavy atom. The lowest BCUT2D eigenvalue weighted by Crippen LogP contribution is -2.38. The van der Waals surface area contributed by atoms with E-state index in [1.807, 2.05) is 56.3 Å². The molecule has 0 unspecified atom stereocenters. The van der Waals surface area contributed by atoms with Crippen molar-refractivity contribution in [3.63, 3.8) is 0 Å². The molecule has 0 saturated heterocycles. The third-order valence-electron chi connectivity index (χ3n) is 5.24. The molecule has 0 radical (unpaired) electrons. The van der Waals surface area contributed by atoms with Crippen molar-refractivity contribution in [3.8, 4) is 0 Å². The summed E-state index contributed by atoms with van der Waals surface area (Å²) in [5.74, 6) is -0.983. The van der Waals surface area contributed by atoms with E-state index in [0.29, 0.717) is 22.7 Å². The molecule has 7 heteroatoms. The minimum absolute atomic E-state index is 0.000963. The molecule has 2 aromatic heterocycles. The van der Waals surface area contributed by atoms with Gasteiger partial charge in [0.1, 0.15) is 4.83 Å². The van der Waals surface area contributed by atoms with Crippen molar-refractivity contribution < 1.29 is 9.90 Å². The highest BCUT2D eigenvalue weighted by Gasteiger charge is 2.25. The molecule has 30 heavy (non-hydrogen) atoms. The predicted octanol–water partition coefficient (Wildman–Crippen LogP) is 3.86. The van der Waals surface area contributed by atoms with Crippen LogP contribution in [0.5, 0.6) is 0 Å². The summed E-state index contributed by atoms with van der Waals surface area (Å²) >= 11 is 1.23. The molecule has 0 bridgehead atoms. The van der Waals surface area contributed by atoms with Crippen LogP contribution < -0.4 is 11.2 Å². The summed E-state index contributed by atoms with van der Waals surface area (Å²) in [6, 6.07) is 13.9. The third-order valence-corrected chi connectivity index (χ3v) is 6.45. The zero-order chi connectivity index (χ0) is 21.6. The number of thiophene rings is 1. The van der Waals surface area contributed by atoms with E-state index in [0.717, 1.165) is 20.9 Å². The van der Waals surface area contributed by atoms with Crippen molar-refractivity contribution in [2.75, 3.05) is 0 Å². The number of aromatic nitrogens is 2. The van der Waals surface area contributed by atoms with Crippen LogP contribution in [0.3, 0.4) is 0 Å². The van der Waals surface area contributed by atoms with Gasteiger partial charge in [0.05, 0.1) is 10.9 Å². The fourth-order valence-electron chi connectivity index (χ4n) is 3.87. The second kappa shape index (κ2) is 7.57. The topological polar surface area (TPSA) is 81.3 Å². The number of carboxylic acids is 1. The summed E-state index contributed by atoms with van der Waals surface area (Å²) < 4.78 is 2.54. The molecule has 0 saturated carbocycles. The maximum atomic E-state index is 12.9. The molecular formula is C23H22N2O4S. The van der Waals surface area contributed by atoms with Crippen LogP contribution >= 0.6 is 11.3 Å². The van der Waals surface area contributed by atoms with Gasteiger partial charge in [-0.25, -0.2) is 9.59 Å². The third kappa shape index (κ3) is 3.25. The van der Waals surface area contributed by atoms with Crippen LogP contribution in [-0.4, -0.2) is 20.2 Å². The Hall–Kier alpha value is -3.19. The number of rotatable bonds is 5. The molecule has 0 aliphatic heterocycles. The minimum Gasteiger partial charge on any atom is -0.478 e. The molecular weight excluding hydrogens is 400 g/mol. The Morgan fingerprint density at radius 2 is 1.80 bits per heavy atom. The van der Waals surface area contributed by atoms with Crippen molar-refractivity contribution in [2.24, 2.45) is 13.0 Å². The van der Waals surface area contributed by atoms with Crippen molar-refractivity contribution in [1.29, 1.82) is 0 Å². The van der Waals surface area contributed by atoms with Crippen LogP contribution in [0.4, 0.5) is 0 Å². The standard InChI is InChI=1S/C23H22N2O4S/c1-13(2)12-25-21-19(20(26)24(3)23(25)29)18(22(27)28)17(30-21)11-15-9-6-8-14-7-4-5-10-16(14)15/h4-10,13H,11-12H2,1-3H3,(H,27,28). The van der Waals surface area contributed by atoms with Crippen molar-refractivity contribution in [2.45, 2.75) is 26.8 Å². The number of carboxylic acid groups (broad SMARTS) is 1. The van der Waals surface area contributed by atoms with Crippen LogP contribution in [0.2, 0.25) is 0 Å².